The summed E-state index contributed by atoms with van der Waals surface area (Å²) in [5.74, 6) is 0.433. The molecule has 2 heterocycles. The molecule has 3 aromatic rings. The van der Waals surface area contributed by atoms with E-state index in [4.69, 9.17) is 4.74 Å². The molecular formula is C21H22N4O4S. The molecule has 8 nitrogen and oxygen atoms in total. The lowest BCUT2D eigenvalue weighted by Gasteiger charge is -2.34. The SMILES string of the molecule is COc1ccc(S(=O)(=O)N2CCN(C(=O)c3cn[nH]c3-c3ccccc3)CC2)cc1. The first-order valence-corrected chi connectivity index (χ1v) is 11.0. The van der Waals surface area contributed by atoms with Crippen molar-refractivity contribution in [1.82, 2.24) is 19.4 Å². The summed E-state index contributed by atoms with van der Waals surface area (Å²) >= 11 is 0. The first-order valence-electron chi connectivity index (χ1n) is 9.53. The average Bonchev–Trinajstić information content (AvgIpc) is 3.29. The highest BCUT2D eigenvalue weighted by Gasteiger charge is 2.31. The van der Waals surface area contributed by atoms with Gasteiger partial charge in [0.2, 0.25) is 10.0 Å². The van der Waals surface area contributed by atoms with Gasteiger partial charge in [-0.1, -0.05) is 30.3 Å². The van der Waals surface area contributed by atoms with Crippen molar-refractivity contribution in [1.29, 1.82) is 0 Å². The lowest BCUT2D eigenvalue weighted by atomic mass is 10.1. The molecule has 2 aromatic carbocycles. The number of hydrogen-bond acceptors (Lipinski definition) is 5. The number of methoxy groups -OCH3 is 1. The molecule has 1 fully saturated rings. The first kappa shape index (κ1) is 20.1. The Hall–Kier alpha value is -3.17. The Morgan fingerprint density at radius 1 is 1.00 bits per heavy atom. The van der Waals surface area contributed by atoms with E-state index >= 15 is 0 Å². The second-order valence-corrected chi connectivity index (χ2v) is 8.83. The van der Waals surface area contributed by atoms with Crippen molar-refractivity contribution in [3.8, 4) is 17.0 Å². The molecule has 1 aromatic heterocycles. The minimum atomic E-state index is -3.62. The number of rotatable bonds is 5. The molecule has 1 amide bonds. The van der Waals surface area contributed by atoms with Crippen molar-refractivity contribution in [3.05, 3.63) is 66.4 Å². The third-order valence-corrected chi connectivity index (χ3v) is 7.07. The monoisotopic (exact) mass is 426 g/mol. The quantitative estimate of drug-likeness (QED) is 0.675. The second kappa shape index (κ2) is 8.29. The van der Waals surface area contributed by atoms with Crippen LogP contribution in [0.25, 0.3) is 11.3 Å². The number of nitrogens with zero attached hydrogens (tertiary/aromatic N) is 3. The smallest absolute Gasteiger partial charge is 0.257 e. The van der Waals surface area contributed by atoms with E-state index < -0.39 is 10.0 Å². The van der Waals surface area contributed by atoms with Crippen molar-refractivity contribution in [2.45, 2.75) is 4.90 Å². The average molecular weight is 426 g/mol. The van der Waals surface area contributed by atoms with Crippen LogP contribution in [0.2, 0.25) is 0 Å². The largest absolute Gasteiger partial charge is 0.497 e. The van der Waals surface area contributed by atoms with Crippen LogP contribution < -0.4 is 4.74 Å². The molecule has 0 saturated carbocycles. The molecule has 1 aliphatic heterocycles. The standard InChI is InChI=1S/C21H22N4O4S/c1-29-17-7-9-18(10-8-17)30(27,28)25-13-11-24(12-14-25)21(26)19-15-22-23-20(19)16-5-3-2-4-6-16/h2-10,15H,11-14H2,1H3,(H,22,23). The van der Waals surface area contributed by atoms with Gasteiger partial charge < -0.3 is 9.64 Å². The number of nitrogens with one attached hydrogen (secondary N) is 1. The molecule has 0 unspecified atom stereocenters. The number of hydrogen-bond donors (Lipinski definition) is 1. The lowest BCUT2D eigenvalue weighted by Crippen LogP contribution is -2.50. The predicted octanol–water partition coefficient (Wildman–Crippen LogP) is 2.23. The molecule has 0 spiro atoms. The molecule has 9 heteroatoms. The number of carbonyl (C=O) groups is 1. The summed E-state index contributed by atoms with van der Waals surface area (Å²) in [5.41, 5.74) is 2.01. The fourth-order valence-corrected chi connectivity index (χ4v) is 4.89. The Balaban J connectivity index is 1.46. The van der Waals surface area contributed by atoms with E-state index in [0.717, 1.165) is 5.56 Å². The van der Waals surface area contributed by atoms with E-state index in [1.807, 2.05) is 30.3 Å². The van der Waals surface area contributed by atoms with Crippen LogP contribution in [0.1, 0.15) is 10.4 Å². The molecule has 0 atom stereocenters. The summed E-state index contributed by atoms with van der Waals surface area (Å²) in [7, 11) is -2.09. The summed E-state index contributed by atoms with van der Waals surface area (Å²) in [4.78, 5) is 14.9. The number of H-pyrrole nitrogens is 1. The van der Waals surface area contributed by atoms with Crippen molar-refractivity contribution >= 4 is 15.9 Å². The fourth-order valence-electron chi connectivity index (χ4n) is 3.47. The maximum Gasteiger partial charge on any atom is 0.257 e. The van der Waals surface area contributed by atoms with Gasteiger partial charge >= 0.3 is 0 Å². The molecule has 0 bridgehead atoms. The topological polar surface area (TPSA) is 95.6 Å². The van der Waals surface area contributed by atoms with Gasteiger partial charge in [0, 0.05) is 31.7 Å². The molecule has 30 heavy (non-hydrogen) atoms. The highest BCUT2D eigenvalue weighted by molar-refractivity contribution is 7.89. The number of benzene rings is 2. The molecule has 1 N–H and O–H groups in total. The number of carbonyl (C=O) groups excluding carboxylic acids is 1. The normalized spacial score (nSPS) is 15.2. The summed E-state index contributed by atoms with van der Waals surface area (Å²) in [6.07, 6.45) is 1.52. The van der Waals surface area contributed by atoms with Gasteiger partial charge in [-0.15, -0.1) is 0 Å². The second-order valence-electron chi connectivity index (χ2n) is 6.90. The Morgan fingerprint density at radius 3 is 2.30 bits per heavy atom. The summed E-state index contributed by atoms with van der Waals surface area (Å²) < 4.78 is 32.3. The van der Waals surface area contributed by atoms with Gasteiger partial charge in [0.05, 0.1) is 29.5 Å². The van der Waals surface area contributed by atoms with E-state index in [9.17, 15) is 13.2 Å². The van der Waals surface area contributed by atoms with Crippen LogP contribution in [-0.4, -0.2) is 67.0 Å². The Bertz CT molecular complexity index is 1120. The van der Waals surface area contributed by atoms with Crippen LogP contribution >= 0.6 is 0 Å². The maximum absolute atomic E-state index is 13.0. The van der Waals surface area contributed by atoms with Gasteiger partial charge in [-0.3, -0.25) is 9.89 Å². The molecule has 1 saturated heterocycles. The molecule has 1 aliphatic rings. The van der Waals surface area contributed by atoms with Crippen LogP contribution in [0.4, 0.5) is 0 Å². The number of ether oxygens (including phenoxy) is 1. The summed E-state index contributed by atoms with van der Waals surface area (Å²) in [6.45, 7) is 1.10. The van der Waals surface area contributed by atoms with Gasteiger partial charge in [0.15, 0.2) is 0 Å². The highest BCUT2D eigenvalue weighted by atomic mass is 32.2. The van der Waals surface area contributed by atoms with Crippen LogP contribution in [0.5, 0.6) is 5.75 Å². The van der Waals surface area contributed by atoms with Crippen molar-refractivity contribution < 1.29 is 17.9 Å². The van der Waals surface area contributed by atoms with E-state index in [2.05, 4.69) is 10.2 Å². The van der Waals surface area contributed by atoms with Crippen LogP contribution in [0.3, 0.4) is 0 Å². The summed E-state index contributed by atoms with van der Waals surface area (Å²) in [6, 6.07) is 15.8. The third kappa shape index (κ3) is 3.81. The zero-order valence-corrected chi connectivity index (χ0v) is 17.3. The Labute approximate surface area is 175 Å². The number of aromatic amines is 1. The number of sulfonamides is 1. The van der Waals surface area contributed by atoms with Crippen molar-refractivity contribution in [3.63, 3.8) is 0 Å². The zero-order chi connectivity index (χ0) is 21.1. The highest BCUT2D eigenvalue weighted by Crippen LogP contribution is 2.24. The van der Waals surface area contributed by atoms with Crippen molar-refractivity contribution in [2.75, 3.05) is 33.3 Å². The van der Waals surface area contributed by atoms with Gasteiger partial charge in [-0.05, 0) is 24.3 Å². The van der Waals surface area contributed by atoms with Crippen LogP contribution in [-0.2, 0) is 10.0 Å². The Morgan fingerprint density at radius 2 is 1.67 bits per heavy atom. The lowest BCUT2D eigenvalue weighted by molar-refractivity contribution is 0.0698. The fraction of sp³-hybridized carbons (Fsp3) is 0.238. The molecule has 0 aliphatic carbocycles. The van der Waals surface area contributed by atoms with E-state index in [0.29, 0.717) is 30.1 Å². The third-order valence-electron chi connectivity index (χ3n) is 5.16. The molecule has 4 rings (SSSR count). The van der Waals surface area contributed by atoms with E-state index in [1.54, 1.807) is 17.0 Å². The molecule has 0 radical (unpaired) electrons. The Kier molecular flexibility index (Phi) is 5.56. The zero-order valence-electron chi connectivity index (χ0n) is 16.5. The number of piperazine rings is 1. The van der Waals surface area contributed by atoms with Gasteiger partial charge in [-0.25, -0.2) is 8.42 Å². The van der Waals surface area contributed by atoms with Gasteiger partial charge in [0.1, 0.15) is 5.75 Å². The minimum absolute atomic E-state index is 0.163. The van der Waals surface area contributed by atoms with Gasteiger partial charge in [-0.2, -0.15) is 9.40 Å². The van der Waals surface area contributed by atoms with Crippen LogP contribution in [0, 0.1) is 0 Å². The molecule has 156 valence electrons. The van der Waals surface area contributed by atoms with E-state index in [1.165, 1.54) is 29.7 Å². The van der Waals surface area contributed by atoms with Crippen molar-refractivity contribution in [2.24, 2.45) is 0 Å². The number of aromatic nitrogens is 2. The summed E-state index contributed by atoms with van der Waals surface area (Å²) in [5, 5.41) is 6.93. The predicted molar refractivity (Wildman–Crippen MR) is 112 cm³/mol. The van der Waals surface area contributed by atoms with Gasteiger partial charge in [0.25, 0.3) is 5.91 Å². The maximum atomic E-state index is 13.0. The number of amides is 1. The minimum Gasteiger partial charge on any atom is -0.497 e. The first-order chi connectivity index (χ1) is 14.5. The molecular weight excluding hydrogens is 404 g/mol. The van der Waals surface area contributed by atoms with E-state index in [-0.39, 0.29) is 23.9 Å². The van der Waals surface area contributed by atoms with Crippen LogP contribution in [0.15, 0.2) is 65.7 Å².